The summed E-state index contributed by atoms with van der Waals surface area (Å²) < 4.78 is 0. The van der Waals surface area contributed by atoms with Crippen molar-refractivity contribution in [3.05, 3.63) is 0 Å². The van der Waals surface area contributed by atoms with Crippen LogP contribution in [0.2, 0.25) is 0 Å². The summed E-state index contributed by atoms with van der Waals surface area (Å²) in [6, 6.07) is 0.140. The number of carbonyl (C=O) groups is 1. The molecule has 2 fully saturated rings. The summed E-state index contributed by atoms with van der Waals surface area (Å²) in [5.41, 5.74) is 0.455. The summed E-state index contributed by atoms with van der Waals surface area (Å²) in [6.45, 7) is 4.61. The maximum Gasteiger partial charge on any atom is 0.320 e. The second kappa shape index (κ2) is 4.36. The fourth-order valence-corrected chi connectivity index (χ4v) is 2.66. The van der Waals surface area contributed by atoms with Gasteiger partial charge in [-0.05, 0) is 49.9 Å². The van der Waals surface area contributed by atoms with E-state index in [1.165, 1.54) is 12.8 Å². The molecule has 2 rings (SSSR count). The molecule has 0 spiro atoms. The number of carboxylic acid groups (broad SMARTS) is 1. The van der Waals surface area contributed by atoms with Gasteiger partial charge in [-0.25, -0.2) is 0 Å². The van der Waals surface area contributed by atoms with Crippen molar-refractivity contribution < 1.29 is 9.90 Å². The first-order chi connectivity index (χ1) is 7.48. The lowest BCUT2D eigenvalue weighted by Crippen LogP contribution is -2.46. The average molecular weight is 225 g/mol. The van der Waals surface area contributed by atoms with Crippen LogP contribution in [0.3, 0.4) is 0 Å². The zero-order chi connectivity index (χ0) is 11.8. The van der Waals surface area contributed by atoms with E-state index in [-0.39, 0.29) is 6.04 Å². The first-order valence-corrected chi connectivity index (χ1v) is 6.47. The summed E-state index contributed by atoms with van der Waals surface area (Å²) in [5, 5.41) is 12.5. The van der Waals surface area contributed by atoms with E-state index in [1.807, 2.05) is 0 Å². The predicted molar refractivity (Wildman–Crippen MR) is 63.3 cm³/mol. The van der Waals surface area contributed by atoms with Gasteiger partial charge >= 0.3 is 5.97 Å². The standard InChI is InChI=1S/C13H23NO2/c1-13(2)7-5-10(6-8-13)14-11(12(15)16)9-3-4-9/h9-11,14H,3-8H2,1-2H3,(H,15,16). The van der Waals surface area contributed by atoms with Crippen LogP contribution in [-0.4, -0.2) is 23.2 Å². The molecular weight excluding hydrogens is 202 g/mol. The van der Waals surface area contributed by atoms with Crippen molar-refractivity contribution >= 4 is 5.97 Å². The third-order valence-corrected chi connectivity index (χ3v) is 4.11. The predicted octanol–water partition coefficient (Wildman–Crippen LogP) is 2.41. The van der Waals surface area contributed by atoms with E-state index in [9.17, 15) is 4.79 Å². The highest BCUT2D eigenvalue weighted by Gasteiger charge is 2.38. The smallest absolute Gasteiger partial charge is 0.320 e. The number of hydrogen-bond donors (Lipinski definition) is 2. The minimum atomic E-state index is -0.660. The zero-order valence-electron chi connectivity index (χ0n) is 10.3. The summed E-state index contributed by atoms with van der Waals surface area (Å²) in [4.78, 5) is 11.1. The topological polar surface area (TPSA) is 49.3 Å². The zero-order valence-corrected chi connectivity index (χ0v) is 10.3. The highest BCUT2D eigenvalue weighted by atomic mass is 16.4. The molecule has 3 nitrogen and oxygen atoms in total. The van der Waals surface area contributed by atoms with Crippen molar-refractivity contribution in [1.29, 1.82) is 0 Å². The largest absolute Gasteiger partial charge is 0.480 e. The fourth-order valence-electron chi connectivity index (χ4n) is 2.66. The van der Waals surface area contributed by atoms with Crippen molar-refractivity contribution in [3.63, 3.8) is 0 Å². The molecule has 2 aliphatic carbocycles. The van der Waals surface area contributed by atoms with Gasteiger partial charge in [0.25, 0.3) is 0 Å². The number of carboxylic acids is 1. The van der Waals surface area contributed by atoms with Crippen LogP contribution in [-0.2, 0) is 4.79 Å². The van der Waals surface area contributed by atoms with E-state index in [0.717, 1.165) is 25.7 Å². The lowest BCUT2D eigenvalue weighted by atomic mass is 9.75. The van der Waals surface area contributed by atoms with E-state index in [2.05, 4.69) is 19.2 Å². The van der Waals surface area contributed by atoms with Crippen molar-refractivity contribution in [1.82, 2.24) is 5.32 Å². The Morgan fingerprint density at radius 2 is 1.81 bits per heavy atom. The van der Waals surface area contributed by atoms with Crippen molar-refractivity contribution in [2.24, 2.45) is 11.3 Å². The molecule has 0 saturated heterocycles. The minimum absolute atomic E-state index is 0.286. The van der Waals surface area contributed by atoms with E-state index in [0.29, 0.717) is 17.4 Å². The van der Waals surface area contributed by atoms with Crippen molar-refractivity contribution in [3.8, 4) is 0 Å². The van der Waals surface area contributed by atoms with Gasteiger partial charge in [0.15, 0.2) is 0 Å². The fraction of sp³-hybridized carbons (Fsp3) is 0.923. The molecule has 0 aliphatic heterocycles. The Balaban J connectivity index is 1.83. The molecule has 1 unspecified atom stereocenters. The monoisotopic (exact) mass is 225 g/mol. The van der Waals surface area contributed by atoms with Gasteiger partial charge < -0.3 is 10.4 Å². The Labute approximate surface area is 97.6 Å². The number of aliphatic carboxylic acids is 1. The molecule has 0 amide bonds. The maximum atomic E-state index is 11.1. The quantitative estimate of drug-likeness (QED) is 0.772. The molecule has 0 aromatic heterocycles. The Morgan fingerprint density at radius 3 is 2.25 bits per heavy atom. The van der Waals surface area contributed by atoms with Gasteiger partial charge in [0.05, 0.1) is 0 Å². The minimum Gasteiger partial charge on any atom is -0.480 e. The van der Waals surface area contributed by atoms with Crippen LogP contribution in [0, 0.1) is 11.3 Å². The Kier molecular flexibility index (Phi) is 3.24. The first kappa shape index (κ1) is 11.9. The maximum absolute atomic E-state index is 11.1. The SMILES string of the molecule is CC1(C)CCC(NC(C(=O)O)C2CC2)CC1. The third kappa shape index (κ3) is 2.97. The average Bonchev–Trinajstić information content (AvgIpc) is 2.99. The molecule has 16 heavy (non-hydrogen) atoms. The van der Waals surface area contributed by atoms with Gasteiger partial charge in [-0.2, -0.15) is 0 Å². The van der Waals surface area contributed by atoms with Gasteiger partial charge in [-0.1, -0.05) is 13.8 Å². The third-order valence-electron chi connectivity index (χ3n) is 4.11. The molecule has 1 atom stereocenters. The normalized spacial score (nSPS) is 27.6. The van der Waals surface area contributed by atoms with Crippen LogP contribution < -0.4 is 5.32 Å². The van der Waals surface area contributed by atoms with Crippen LogP contribution in [0.1, 0.15) is 52.4 Å². The molecule has 2 saturated carbocycles. The van der Waals surface area contributed by atoms with Crippen LogP contribution in [0.15, 0.2) is 0 Å². The van der Waals surface area contributed by atoms with Gasteiger partial charge in [-0.15, -0.1) is 0 Å². The summed E-state index contributed by atoms with van der Waals surface area (Å²) in [6.07, 6.45) is 6.85. The van der Waals surface area contributed by atoms with E-state index in [1.54, 1.807) is 0 Å². The van der Waals surface area contributed by atoms with Gasteiger partial charge in [0.1, 0.15) is 6.04 Å². The summed E-state index contributed by atoms with van der Waals surface area (Å²) >= 11 is 0. The number of hydrogen-bond acceptors (Lipinski definition) is 2. The molecule has 2 aliphatic rings. The lowest BCUT2D eigenvalue weighted by Gasteiger charge is -2.35. The molecule has 0 aromatic rings. The van der Waals surface area contributed by atoms with Crippen LogP contribution >= 0.6 is 0 Å². The Morgan fingerprint density at radius 1 is 1.25 bits per heavy atom. The molecule has 92 valence electrons. The molecule has 2 N–H and O–H groups in total. The highest BCUT2D eigenvalue weighted by Crippen LogP contribution is 2.37. The Bertz CT molecular complexity index is 261. The van der Waals surface area contributed by atoms with Crippen molar-refractivity contribution in [2.75, 3.05) is 0 Å². The molecule has 0 radical (unpaired) electrons. The van der Waals surface area contributed by atoms with Gasteiger partial charge in [0.2, 0.25) is 0 Å². The van der Waals surface area contributed by atoms with Crippen molar-refractivity contribution in [2.45, 2.75) is 64.5 Å². The van der Waals surface area contributed by atoms with Gasteiger partial charge in [0, 0.05) is 6.04 Å². The van der Waals surface area contributed by atoms with Gasteiger partial charge in [-0.3, -0.25) is 4.79 Å². The molecule has 0 heterocycles. The second-order valence-electron chi connectivity index (χ2n) is 6.26. The molecule has 0 aromatic carbocycles. The number of nitrogens with one attached hydrogen (secondary N) is 1. The summed E-state index contributed by atoms with van der Waals surface area (Å²) in [5.74, 6) is -0.264. The van der Waals surface area contributed by atoms with E-state index in [4.69, 9.17) is 5.11 Å². The molecular formula is C13H23NO2. The van der Waals surface area contributed by atoms with E-state index >= 15 is 0 Å². The van der Waals surface area contributed by atoms with Crippen LogP contribution in [0.4, 0.5) is 0 Å². The van der Waals surface area contributed by atoms with Crippen LogP contribution in [0.25, 0.3) is 0 Å². The molecule has 3 heteroatoms. The first-order valence-electron chi connectivity index (χ1n) is 6.47. The summed E-state index contributed by atoms with van der Waals surface area (Å²) in [7, 11) is 0. The van der Waals surface area contributed by atoms with Crippen LogP contribution in [0.5, 0.6) is 0 Å². The lowest BCUT2D eigenvalue weighted by molar-refractivity contribution is -0.140. The number of rotatable bonds is 4. The molecule has 0 bridgehead atoms. The Hall–Kier alpha value is -0.570. The second-order valence-corrected chi connectivity index (χ2v) is 6.26. The highest BCUT2D eigenvalue weighted by molar-refractivity contribution is 5.74. The van der Waals surface area contributed by atoms with E-state index < -0.39 is 5.97 Å².